The van der Waals surface area contributed by atoms with E-state index in [1.165, 1.54) is 7.11 Å². The highest BCUT2D eigenvalue weighted by molar-refractivity contribution is 6.62. The van der Waals surface area contributed by atoms with Crippen LogP contribution in [0.25, 0.3) is 0 Å². The fourth-order valence-corrected chi connectivity index (χ4v) is 4.58. The van der Waals surface area contributed by atoms with Gasteiger partial charge in [-0.25, -0.2) is 0 Å². The van der Waals surface area contributed by atoms with Crippen LogP contribution in [0.2, 0.25) is 5.54 Å². The number of hydrogen-bond acceptors (Lipinski definition) is 5. The molecular weight excluding hydrogens is 300 g/mol. The standard InChI is InChI=1S/C10H24O3Si.C6H12O2/c1-6-10(5)14(11-7-2,12-8-3)13-9-4;1-4-5(2)6(7)8-3/h10H,6-9H2,1-5H3;5H,4H2,1-3H3. The molecule has 134 valence electrons. The van der Waals surface area contributed by atoms with Crippen LogP contribution in [-0.4, -0.2) is 41.7 Å². The lowest BCUT2D eigenvalue weighted by Crippen LogP contribution is -2.49. The zero-order valence-corrected chi connectivity index (χ0v) is 16.7. The highest BCUT2D eigenvalue weighted by atomic mass is 28.4. The van der Waals surface area contributed by atoms with Crippen molar-refractivity contribution in [1.29, 1.82) is 0 Å². The summed E-state index contributed by atoms with van der Waals surface area (Å²) in [4.78, 5) is 10.5. The van der Waals surface area contributed by atoms with Gasteiger partial charge in [0.25, 0.3) is 0 Å². The fourth-order valence-electron chi connectivity index (χ4n) is 1.77. The molecule has 0 aliphatic carbocycles. The molecule has 0 fully saturated rings. The third-order valence-electron chi connectivity index (χ3n) is 3.47. The lowest BCUT2D eigenvalue weighted by molar-refractivity contribution is -0.144. The van der Waals surface area contributed by atoms with Gasteiger partial charge in [0.05, 0.1) is 13.0 Å². The Morgan fingerprint density at radius 1 is 0.864 bits per heavy atom. The van der Waals surface area contributed by atoms with Crippen molar-refractivity contribution >= 4 is 14.8 Å². The average Bonchev–Trinajstić information content (AvgIpc) is 2.53. The Balaban J connectivity index is 0. The van der Waals surface area contributed by atoms with E-state index in [1.807, 2.05) is 34.6 Å². The predicted octanol–water partition coefficient (Wildman–Crippen LogP) is 4.04. The first kappa shape index (κ1) is 23.8. The predicted molar refractivity (Wildman–Crippen MR) is 91.8 cm³/mol. The molecule has 6 heteroatoms. The smallest absolute Gasteiger partial charge is 0.469 e. The van der Waals surface area contributed by atoms with Gasteiger partial charge in [-0.05, 0) is 33.6 Å². The number of esters is 1. The van der Waals surface area contributed by atoms with Crippen molar-refractivity contribution in [3.63, 3.8) is 0 Å². The van der Waals surface area contributed by atoms with Gasteiger partial charge in [-0.2, -0.15) is 0 Å². The van der Waals surface area contributed by atoms with Crippen LogP contribution in [0.3, 0.4) is 0 Å². The van der Waals surface area contributed by atoms with E-state index < -0.39 is 8.80 Å². The first-order chi connectivity index (χ1) is 10.4. The molecule has 0 radical (unpaired) electrons. The Kier molecular flexibility index (Phi) is 15.4. The van der Waals surface area contributed by atoms with Crippen LogP contribution in [0.4, 0.5) is 0 Å². The summed E-state index contributed by atoms with van der Waals surface area (Å²) in [5.41, 5.74) is 0.377. The molecule has 0 rings (SSSR count). The van der Waals surface area contributed by atoms with Gasteiger partial charge in [-0.1, -0.05) is 27.7 Å². The molecule has 0 amide bonds. The van der Waals surface area contributed by atoms with E-state index >= 15 is 0 Å². The average molecular weight is 337 g/mol. The van der Waals surface area contributed by atoms with Crippen molar-refractivity contribution in [3.05, 3.63) is 0 Å². The van der Waals surface area contributed by atoms with Crippen LogP contribution in [-0.2, 0) is 22.8 Å². The zero-order valence-electron chi connectivity index (χ0n) is 15.7. The van der Waals surface area contributed by atoms with Gasteiger partial charge in [0, 0.05) is 25.4 Å². The molecule has 0 aliphatic heterocycles. The lowest BCUT2D eigenvalue weighted by atomic mass is 10.1. The van der Waals surface area contributed by atoms with Crippen LogP contribution in [0.5, 0.6) is 0 Å². The Hall–Kier alpha value is -0.433. The number of ether oxygens (including phenoxy) is 1. The number of hydrogen-bond donors (Lipinski definition) is 0. The third-order valence-corrected chi connectivity index (χ3v) is 7.16. The molecule has 0 spiro atoms. The SMILES string of the molecule is CCC(C)C(=O)OC.CCO[Si](OCC)(OCC)C(C)CC. The largest absolute Gasteiger partial charge is 0.503 e. The number of methoxy groups -OCH3 is 1. The molecule has 5 nitrogen and oxygen atoms in total. The maximum Gasteiger partial charge on any atom is 0.503 e. The molecule has 2 unspecified atom stereocenters. The first-order valence-electron chi connectivity index (χ1n) is 8.38. The summed E-state index contributed by atoms with van der Waals surface area (Å²) in [6, 6.07) is 0. The van der Waals surface area contributed by atoms with Crippen molar-refractivity contribution in [3.8, 4) is 0 Å². The van der Waals surface area contributed by atoms with E-state index in [0.29, 0.717) is 25.4 Å². The van der Waals surface area contributed by atoms with Gasteiger partial charge < -0.3 is 18.0 Å². The van der Waals surface area contributed by atoms with Gasteiger partial charge in [0.15, 0.2) is 0 Å². The second-order valence-electron chi connectivity index (χ2n) is 5.04. The highest BCUT2D eigenvalue weighted by Crippen LogP contribution is 2.28. The molecule has 2 atom stereocenters. The molecule has 22 heavy (non-hydrogen) atoms. The summed E-state index contributed by atoms with van der Waals surface area (Å²) in [5.74, 6) is -0.0625. The highest BCUT2D eigenvalue weighted by Gasteiger charge is 2.45. The van der Waals surface area contributed by atoms with Crippen molar-refractivity contribution < 1.29 is 22.8 Å². The Labute approximate surface area is 138 Å². The minimum atomic E-state index is -2.40. The van der Waals surface area contributed by atoms with Crippen LogP contribution in [0, 0.1) is 5.92 Å². The van der Waals surface area contributed by atoms with E-state index in [9.17, 15) is 4.79 Å². The second kappa shape index (κ2) is 14.2. The Morgan fingerprint density at radius 2 is 1.27 bits per heavy atom. The van der Waals surface area contributed by atoms with Crippen LogP contribution in [0.1, 0.15) is 61.3 Å². The molecule has 0 N–H and O–H groups in total. The van der Waals surface area contributed by atoms with Crippen LogP contribution < -0.4 is 0 Å². The van der Waals surface area contributed by atoms with Crippen molar-refractivity contribution in [1.82, 2.24) is 0 Å². The number of rotatable bonds is 10. The quantitative estimate of drug-likeness (QED) is 0.445. The summed E-state index contributed by atoms with van der Waals surface area (Å²) in [6.45, 7) is 16.1. The summed E-state index contributed by atoms with van der Waals surface area (Å²) < 4.78 is 21.7. The molecule has 0 aromatic heterocycles. The molecule has 0 bridgehead atoms. The van der Waals surface area contributed by atoms with E-state index in [-0.39, 0.29) is 11.9 Å². The lowest BCUT2D eigenvalue weighted by Gasteiger charge is -2.32. The minimum Gasteiger partial charge on any atom is -0.469 e. The Bertz CT molecular complexity index is 256. The third kappa shape index (κ3) is 8.88. The van der Waals surface area contributed by atoms with Gasteiger partial charge in [-0.15, -0.1) is 0 Å². The molecule has 0 aliphatic rings. The fraction of sp³-hybridized carbons (Fsp3) is 0.938. The molecule has 0 saturated carbocycles. The van der Waals surface area contributed by atoms with Gasteiger partial charge in [-0.3, -0.25) is 4.79 Å². The minimum absolute atomic E-state index is 0.0556. The monoisotopic (exact) mass is 336 g/mol. The summed E-state index contributed by atoms with van der Waals surface area (Å²) in [6.07, 6.45) is 1.89. The summed E-state index contributed by atoms with van der Waals surface area (Å²) >= 11 is 0. The molecule has 0 saturated heterocycles. The first-order valence-corrected chi connectivity index (χ1v) is 10.2. The Morgan fingerprint density at radius 3 is 1.45 bits per heavy atom. The van der Waals surface area contributed by atoms with Crippen LogP contribution >= 0.6 is 0 Å². The van der Waals surface area contributed by atoms with Crippen molar-refractivity contribution in [2.45, 2.75) is 66.8 Å². The zero-order chi connectivity index (χ0) is 17.6. The topological polar surface area (TPSA) is 54.0 Å². The van der Waals surface area contributed by atoms with E-state index in [2.05, 4.69) is 18.6 Å². The second-order valence-corrected chi connectivity index (χ2v) is 8.10. The van der Waals surface area contributed by atoms with E-state index in [4.69, 9.17) is 13.3 Å². The van der Waals surface area contributed by atoms with E-state index in [0.717, 1.165) is 12.8 Å². The summed E-state index contributed by atoms with van der Waals surface area (Å²) in [5, 5.41) is 0. The number of carbonyl (C=O) groups is 1. The number of carbonyl (C=O) groups excluding carboxylic acids is 1. The van der Waals surface area contributed by atoms with Crippen LogP contribution in [0.15, 0.2) is 0 Å². The van der Waals surface area contributed by atoms with Gasteiger partial charge in [0.2, 0.25) is 0 Å². The van der Waals surface area contributed by atoms with Gasteiger partial charge in [0.1, 0.15) is 0 Å². The maximum absolute atomic E-state index is 10.5. The normalized spacial score (nSPS) is 13.8. The summed E-state index contributed by atoms with van der Waals surface area (Å²) in [7, 11) is -0.988. The van der Waals surface area contributed by atoms with Gasteiger partial charge >= 0.3 is 14.8 Å². The molecule has 0 aromatic carbocycles. The van der Waals surface area contributed by atoms with E-state index in [1.54, 1.807) is 0 Å². The van der Waals surface area contributed by atoms with Crippen molar-refractivity contribution in [2.24, 2.45) is 5.92 Å². The maximum atomic E-state index is 10.5. The molecular formula is C16H36O5Si. The molecule has 0 aromatic rings. The van der Waals surface area contributed by atoms with Crippen molar-refractivity contribution in [2.75, 3.05) is 26.9 Å². The molecule has 0 heterocycles.